The zero-order valence-corrected chi connectivity index (χ0v) is 11.1. The molecule has 0 aliphatic heterocycles. The molecule has 0 aliphatic carbocycles. The summed E-state index contributed by atoms with van der Waals surface area (Å²) in [6, 6.07) is 7.94. The summed E-state index contributed by atoms with van der Waals surface area (Å²) >= 11 is 1.69. The predicted molar refractivity (Wildman–Crippen MR) is 73.4 cm³/mol. The van der Waals surface area contributed by atoms with Crippen molar-refractivity contribution in [3.8, 4) is 0 Å². The van der Waals surface area contributed by atoms with Gasteiger partial charge in [-0.3, -0.25) is 9.78 Å². The van der Waals surface area contributed by atoms with Crippen LogP contribution in [-0.2, 0) is 11.2 Å². The van der Waals surface area contributed by atoms with Crippen molar-refractivity contribution < 1.29 is 4.79 Å². The first-order valence-electron chi connectivity index (χ1n) is 5.97. The molecule has 1 N–H and O–H groups in total. The lowest BCUT2D eigenvalue weighted by atomic mass is 10.1. The number of rotatable bonds is 5. The lowest BCUT2D eigenvalue weighted by Gasteiger charge is -2.13. The van der Waals surface area contributed by atoms with Crippen LogP contribution in [0.15, 0.2) is 42.0 Å². The highest BCUT2D eigenvalue weighted by molar-refractivity contribution is 7.09. The van der Waals surface area contributed by atoms with Crippen molar-refractivity contribution >= 4 is 17.2 Å². The Kier molecular flexibility index (Phi) is 4.47. The fraction of sp³-hybridized carbons (Fsp3) is 0.286. The number of carbonyl (C=O) groups excluding carboxylic acids is 1. The first-order chi connectivity index (χ1) is 8.75. The summed E-state index contributed by atoms with van der Waals surface area (Å²) < 4.78 is 0. The molecule has 2 aromatic heterocycles. The fourth-order valence-electron chi connectivity index (χ4n) is 1.74. The quantitative estimate of drug-likeness (QED) is 0.898. The summed E-state index contributed by atoms with van der Waals surface area (Å²) in [5.74, 6) is 0.0905. The van der Waals surface area contributed by atoms with Crippen LogP contribution in [0.4, 0.5) is 0 Å². The molecule has 2 aromatic rings. The maximum Gasteiger partial charge on any atom is 0.220 e. The van der Waals surface area contributed by atoms with Crippen LogP contribution in [0.1, 0.15) is 29.8 Å². The highest BCUT2D eigenvalue weighted by Crippen LogP contribution is 2.13. The molecule has 1 amide bonds. The smallest absolute Gasteiger partial charge is 0.220 e. The molecule has 0 spiro atoms. The number of thiophene rings is 1. The van der Waals surface area contributed by atoms with E-state index < -0.39 is 0 Å². The van der Waals surface area contributed by atoms with Gasteiger partial charge in [0.05, 0.1) is 6.04 Å². The monoisotopic (exact) mass is 260 g/mol. The Morgan fingerprint density at radius 3 is 2.83 bits per heavy atom. The number of pyridine rings is 1. The fourth-order valence-corrected chi connectivity index (χ4v) is 2.45. The molecule has 0 radical (unpaired) electrons. The first kappa shape index (κ1) is 12.8. The summed E-state index contributed by atoms with van der Waals surface area (Å²) in [4.78, 5) is 17.0. The summed E-state index contributed by atoms with van der Waals surface area (Å²) in [5.41, 5.74) is 1.08. The van der Waals surface area contributed by atoms with Crippen molar-refractivity contribution in [2.24, 2.45) is 0 Å². The summed E-state index contributed by atoms with van der Waals surface area (Å²) in [6.45, 7) is 1.98. The van der Waals surface area contributed by atoms with Gasteiger partial charge in [0.15, 0.2) is 0 Å². The molecule has 0 saturated heterocycles. The van der Waals surface area contributed by atoms with E-state index in [0.717, 1.165) is 12.0 Å². The van der Waals surface area contributed by atoms with Crippen LogP contribution in [0.25, 0.3) is 0 Å². The van der Waals surface area contributed by atoms with Gasteiger partial charge in [0.2, 0.25) is 5.91 Å². The predicted octanol–water partition coefficient (Wildman–Crippen LogP) is 2.95. The molecule has 18 heavy (non-hydrogen) atoms. The molecule has 2 rings (SSSR count). The van der Waals surface area contributed by atoms with Gasteiger partial charge in [-0.15, -0.1) is 11.3 Å². The van der Waals surface area contributed by atoms with Crippen LogP contribution in [0.5, 0.6) is 0 Å². The van der Waals surface area contributed by atoms with Gasteiger partial charge in [-0.25, -0.2) is 0 Å². The van der Waals surface area contributed by atoms with E-state index in [4.69, 9.17) is 0 Å². The third-order valence-electron chi connectivity index (χ3n) is 2.76. The van der Waals surface area contributed by atoms with Gasteiger partial charge in [0.1, 0.15) is 0 Å². The molecule has 0 aliphatic rings. The Morgan fingerprint density at radius 2 is 2.17 bits per heavy atom. The second-order valence-electron chi connectivity index (χ2n) is 4.15. The highest BCUT2D eigenvalue weighted by atomic mass is 32.1. The third kappa shape index (κ3) is 3.67. The third-order valence-corrected chi connectivity index (χ3v) is 3.70. The lowest BCUT2D eigenvalue weighted by Crippen LogP contribution is -2.26. The number of aromatic nitrogens is 1. The summed E-state index contributed by atoms with van der Waals surface area (Å²) in [7, 11) is 0. The number of amides is 1. The molecule has 94 valence electrons. The van der Waals surface area contributed by atoms with Gasteiger partial charge in [0, 0.05) is 23.7 Å². The van der Waals surface area contributed by atoms with Crippen LogP contribution < -0.4 is 5.32 Å². The lowest BCUT2D eigenvalue weighted by molar-refractivity contribution is -0.121. The topological polar surface area (TPSA) is 42.0 Å². The Balaban J connectivity index is 1.80. The van der Waals surface area contributed by atoms with Crippen molar-refractivity contribution in [3.05, 3.63) is 52.5 Å². The van der Waals surface area contributed by atoms with Gasteiger partial charge in [-0.05, 0) is 42.5 Å². The van der Waals surface area contributed by atoms with E-state index in [1.807, 2.05) is 30.5 Å². The van der Waals surface area contributed by atoms with Crippen LogP contribution in [0.2, 0.25) is 0 Å². The van der Waals surface area contributed by atoms with E-state index in [-0.39, 0.29) is 11.9 Å². The minimum Gasteiger partial charge on any atom is -0.350 e. The minimum atomic E-state index is 0.0313. The Labute approximate surface area is 111 Å². The highest BCUT2D eigenvalue weighted by Gasteiger charge is 2.09. The number of nitrogens with one attached hydrogen (secondary N) is 1. The number of hydrogen-bond acceptors (Lipinski definition) is 3. The van der Waals surface area contributed by atoms with Crippen LogP contribution in [0, 0.1) is 0 Å². The molecular formula is C14H16N2OS. The van der Waals surface area contributed by atoms with Crippen molar-refractivity contribution in [2.45, 2.75) is 25.8 Å². The van der Waals surface area contributed by atoms with Crippen LogP contribution in [-0.4, -0.2) is 10.9 Å². The normalized spacial score (nSPS) is 12.1. The minimum absolute atomic E-state index is 0.0313. The van der Waals surface area contributed by atoms with E-state index in [1.165, 1.54) is 4.88 Å². The molecule has 2 heterocycles. The van der Waals surface area contributed by atoms with Crippen molar-refractivity contribution in [1.82, 2.24) is 10.3 Å². The largest absolute Gasteiger partial charge is 0.350 e. The Bertz CT molecular complexity index is 482. The SMILES string of the molecule is C[C@@H](NC(=O)CCc1cccs1)c1ccncc1. The number of aryl methyl sites for hydroxylation is 1. The summed E-state index contributed by atoms with van der Waals surface area (Å²) in [6.07, 6.45) is 4.83. The second kappa shape index (κ2) is 6.31. The van der Waals surface area contributed by atoms with Crippen LogP contribution >= 0.6 is 11.3 Å². The van der Waals surface area contributed by atoms with Crippen LogP contribution in [0.3, 0.4) is 0 Å². The summed E-state index contributed by atoms with van der Waals surface area (Å²) in [5, 5.41) is 5.03. The average Bonchev–Trinajstić information content (AvgIpc) is 2.90. The molecule has 1 atom stereocenters. The molecule has 0 bridgehead atoms. The molecule has 0 fully saturated rings. The van der Waals surface area contributed by atoms with Crippen molar-refractivity contribution in [1.29, 1.82) is 0 Å². The maximum absolute atomic E-state index is 11.8. The molecule has 3 nitrogen and oxygen atoms in total. The van der Waals surface area contributed by atoms with Gasteiger partial charge >= 0.3 is 0 Å². The second-order valence-corrected chi connectivity index (χ2v) is 5.18. The van der Waals surface area contributed by atoms with Crippen molar-refractivity contribution in [2.75, 3.05) is 0 Å². The van der Waals surface area contributed by atoms with Gasteiger partial charge < -0.3 is 5.32 Å². The number of carbonyl (C=O) groups is 1. The van der Waals surface area contributed by atoms with E-state index in [0.29, 0.717) is 6.42 Å². The van der Waals surface area contributed by atoms with E-state index in [2.05, 4.69) is 16.4 Å². The Hall–Kier alpha value is -1.68. The molecule has 4 heteroatoms. The van der Waals surface area contributed by atoms with Gasteiger partial charge in [-0.1, -0.05) is 6.07 Å². The van der Waals surface area contributed by atoms with Gasteiger partial charge in [-0.2, -0.15) is 0 Å². The standard InChI is InChI=1S/C14H16N2OS/c1-11(12-6-8-15-9-7-12)16-14(17)5-4-13-3-2-10-18-13/h2-3,6-11H,4-5H2,1H3,(H,16,17)/t11-/m1/s1. The zero-order valence-electron chi connectivity index (χ0n) is 10.3. The number of nitrogens with zero attached hydrogens (tertiary/aromatic N) is 1. The van der Waals surface area contributed by atoms with Gasteiger partial charge in [0.25, 0.3) is 0 Å². The molecule has 0 unspecified atom stereocenters. The average molecular weight is 260 g/mol. The van der Waals surface area contributed by atoms with Crippen molar-refractivity contribution in [3.63, 3.8) is 0 Å². The zero-order chi connectivity index (χ0) is 12.8. The Morgan fingerprint density at radius 1 is 1.39 bits per heavy atom. The first-order valence-corrected chi connectivity index (χ1v) is 6.85. The molecule has 0 aromatic carbocycles. The maximum atomic E-state index is 11.8. The van der Waals surface area contributed by atoms with E-state index in [1.54, 1.807) is 23.7 Å². The van der Waals surface area contributed by atoms with E-state index in [9.17, 15) is 4.79 Å². The number of hydrogen-bond donors (Lipinski definition) is 1. The molecule has 0 saturated carbocycles. The molecular weight excluding hydrogens is 244 g/mol. The van der Waals surface area contributed by atoms with E-state index >= 15 is 0 Å².